The van der Waals surface area contributed by atoms with Crippen molar-refractivity contribution in [2.45, 2.75) is 34.3 Å². The Morgan fingerprint density at radius 2 is 2.04 bits per heavy atom. The summed E-state index contributed by atoms with van der Waals surface area (Å²) in [4.78, 5) is 18.0. The largest absolute Gasteiger partial charge is 0.394 e. The summed E-state index contributed by atoms with van der Waals surface area (Å²) >= 11 is 1.44. The van der Waals surface area contributed by atoms with Gasteiger partial charge in [0.15, 0.2) is 12.0 Å². The Kier molecular flexibility index (Phi) is 3.82. The van der Waals surface area contributed by atoms with Crippen LogP contribution in [0.3, 0.4) is 0 Å². The van der Waals surface area contributed by atoms with Gasteiger partial charge in [-0.25, -0.2) is 4.79 Å². The Morgan fingerprint density at radius 3 is 2.79 bits per heavy atom. The van der Waals surface area contributed by atoms with Gasteiger partial charge in [0.2, 0.25) is 0 Å². The second-order valence-corrected chi connectivity index (χ2v) is 6.68. The van der Waals surface area contributed by atoms with Crippen molar-refractivity contribution in [3.8, 4) is 0 Å². The van der Waals surface area contributed by atoms with E-state index in [2.05, 4.69) is 10.3 Å². The molecule has 8 nitrogen and oxygen atoms in total. The first-order chi connectivity index (χ1) is 11.6. The third-order valence-corrected chi connectivity index (χ3v) is 5.16. The van der Waals surface area contributed by atoms with Crippen molar-refractivity contribution in [2.75, 3.05) is 11.9 Å². The third-order valence-electron chi connectivity index (χ3n) is 4.07. The maximum absolute atomic E-state index is 12.3. The van der Waals surface area contributed by atoms with E-state index in [9.17, 15) is 20.1 Å². The molecule has 0 bridgehead atoms. The van der Waals surface area contributed by atoms with Crippen LogP contribution in [0.1, 0.15) is 6.23 Å². The Bertz CT molecular complexity index is 842. The molecule has 3 heterocycles. The molecule has 2 aromatic rings. The van der Waals surface area contributed by atoms with E-state index in [1.807, 2.05) is 24.3 Å². The quantitative estimate of drug-likeness (QED) is 0.513. The first kappa shape index (κ1) is 15.6. The zero-order chi connectivity index (χ0) is 16.8. The summed E-state index contributed by atoms with van der Waals surface area (Å²) in [6.45, 7) is -0.453. The Balaban J connectivity index is 1.72. The molecule has 9 heteroatoms. The lowest BCUT2D eigenvalue weighted by Gasteiger charge is -2.23. The van der Waals surface area contributed by atoms with Gasteiger partial charge in [-0.05, 0) is 12.1 Å². The average Bonchev–Trinajstić information content (AvgIpc) is 2.87. The SMILES string of the molecule is O=c1nc2c(cn1[C@@H]1O[C@H](CO)[C@@H](O)[C@H]1O)Sc1ccccc1N2. The lowest BCUT2D eigenvalue weighted by atomic mass is 10.1. The molecule has 4 rings (SSSR count). The van der Waals surface area contributed by atoms with E-state index in [-0.39, 0.29) is 0 Å². The molecule has 126 valence electrons. The molecule has 1 saturated heterocycles. The molecule has 0 amide bonds. The van der Waals surface area contributed by atoms with Crippen molar-refractivity contribution >= 4 is 23.3 Å². The van der Waals surface area contributed by atoms with Gasteiger partial charge in [0.25, 0.3) is 0 Å². The zero-order valence-electron chi connectivity index (χ0n) is 12.4. The molecule has 1 fully saturated rings. The van der Waals surface area contributed by atoms with Crippen molar-refractivity contribution < 1.29 is 20.1 Å². The third kappa shape index (κ3) is 2.41. The highest BCUT2D eigenvalue weighted by atomic mass is 32.2. The van der Waals surface area contributed by atoms with E-state index in [0.29, 0.717) is 10.7 Å². The van der Waals surface area contributed by atoms with Gasteiger partial charge < -0.3 is 25.4 Å². The molecular formula is C15H15N3O5S. The van der Waals surface area contributed by atoms with Gasteiger partial charge >= 0.3 is 5.69 Å². The summed E-state index contributed by atoms with van der Waals surface area (Å²) in [7, 11) is 0. The highest BCUT2D eigenvalue weighted by Gasteiger charge is 2.44. The Labute approximate surface area is 140 Å². The highest BCUT2D eigenvalue weighted by Crippen LogP contribution is 2.42. The number of ether oxygens (including phenoxy) is 1. The van der Waals surface area contributed by atoms with Crippen molar-refractivity contribution in [1.82, 2.24) is 9.55 Å². The summed E-state index contributed by atoms with van der Waals surface area (Å²) < 4.78 is 6.55. The number of aliphatic hydroxyl groups excluding tert-OH is 3. The molecule has 24 heavy (non-hydrogen) atoms. The number of rotatable bonds is 2. The van der Waals surface area contributed by atoms with E-state index >= 15 is 0 Å². The van der Waals surface area contributed by atoms with Crippen molar-refractivity contribution in [1.29, 1.82) is 0 Å². The summed E-state index contributed by atoms with van der Waals surface area (Å²) in [5.74, 6) is 0.437. The molecule has 0 spiro atoms. The van der Waals surface area contributed by atoms with E-state index in [4.69, 9.17) is 4.74 Å². The van der Waals surface area contributed by atoms with E-state index in [0.717, 1.165) is 15.1 Å². The number of nitrogens with zero attached hydrogens (tertiary/aromatic N) is 2. The molecule has 1 aromatic heterocycles. The molecule has 2 aliphatic heterocycles. The number of hydrogen-bond acceptors (Lipinski definition) is 8. The molecule has 2 aliphatic rings. The molecule has 0 aliphatic carbocycles. The molecule has 1 aromatic carbocycles. The van der Waals surface area contributed by atoms with E-state index < -0.39 is 36.8 Å². The standard InChI is InChI=1S/C15H15N3O5S/c19-6-8-11(20)12(21)14(23-8)18-5-10-13(17-15(18)22)16-7-3-1-2-4-9(7)24-10/h1-5,8,11-12,14,19-21H,6H2,(H,16,17,22)/t8-,11-,12-,14-/m1/s1. The normalized spacial score (nSPS) is 28.1. The number of hydrogen-bond donors (Lipinski definition) is 4. The summed E-state index contributed by atoms with van der Waals surface area (Å²) in [6.07, 6.45) is -3.10. The van der Waals surface area contributed by atoms with Gasteiger partial charge in [0, 0.05) is 11.1 Å². The maximum atomic E-state index is 12.3. The molecule has 4 atom stereocenters. The zero-order valence-corrected chi connectivity index (χ0v) is 13.2. The molecule has 0 radical (unpaired) electrons. The smallest absolute Gasteiger partial charge is 0.351 e. The van der Waals surface area contributed by atoms with Crippen LogP contribution in [0, 0.1) is 0 Å². The Hall–Kier alpha value is -1.91. The van der Waals surface area contributed by atoms with Gasteiger partial charge in [-0.3, -0.25) is 4.57 Å². The number of anilines is 2. The maximum Gasteiger partial charge on any atom is 0.351 e. The number of benzene rings is 1. The minimum absolute atomic E-state index is 0.437. The number of nitrogens with one attached hydrogen (secondary N) is 1. The summed E-state index contributed by atoms with van der Waals surface area (Å²) in [5, 5.41) is 32.2. The predicted molar refractivity (Wildman–Crippen MR) is 85.4 cm³/mol. The fraction of sp³-hybridized carbons (Fsp3) is 0.333. The van der Waals surface area contributed by atoms with E-state index in [1.165, 1.54) is 11.8 Å². The van der Waals surface area contributed by atoms with Crippen LogP contribution in [-0.2, 0) is 4.74 Å². The van der Waals surface area contributed by atoms with Gasteiger partial charge in [0.05, 0.1) is 17.2 Å². The Morgan fingerprint density at radius 1 is 1.25 bits per heavy atom. The number of aliphatic hydroxyl groups is 3. The van der Waals surface area contributed by atoms with Crippen LogP contribution in [0.5, 0.6) is 0 Å². The highest BCUT2D eigenvalue weighted by molar-refractivity contribution is 7.99. The van der Waals surface area contributed by atoms with E-state index in [1.54, 1.807) is 6.20 Å². The second-order valence-electron chi connectivity index (χ2n) is 5.60. The van der Waals surface area contributed by atoms with Crippen LogP contribution in [0.25, 0.3) is 0 Å². The predicted octanol–water partition coefficient (Wildman–Crippen LogP) is 0.0630. The monoisotopic (exact) mass is 349 g/mol. The van der Waals surface area contributed by atoms with Crippen LogP contribution in [0.2, 0.25) is 0 Å². The van der Waals surface area contributed by atoms with Gasteiger partial charge in [-0.15, -0.1) is 0 Å². The van der Waals surface area contributed by atoms with Crippen molar-refractivity contribution in [3.05, 3.63) is 40.9 Å². The first-order valence-corrected chi connectivity index (χ1v) is 8.19. The lowest BCUT2D eigenvalue weighted by molar-refractivity contribution is -0.0552. The fourth-order valence-electron chi connectivity index (χ4n) is 2.81. The van der Waals surface area contributed by atoms with Crippen LogP contribution in [0.15, 0.2) is 45.0 Å². The molecule has 0 unspecified atom stereocenters. The molecule has 0 saturated carbocycles. The van der Waals surface area contributed by atoms with Crippen LogP contribution >= 0.6 is 11.8 Å². The topological polar surface area (TPSA) is 117 Å². The summed E-state index contributed by atoms with van der Waals surface area (Å²) in [5.41, 5.74) is 0.253. The number of aromatic nitrogens is 2. The summed E-state index contributed by atoms with van der Waals surface area (Å²) in [6, 6.07) is 7.63. The lowest BCUT2D eigenvalue weighted by Crippen LogP contribution is -2.36. The second kappa shape index (κ2) is 5.87. The van der Waals surface area contributed by atoms with Crippen molar-refractivity contribution in [3.63, 3.8) is 0 Å². The van der Waals surface area contributed by atoms with Crippen LogP contribution in [-0.4, -0.2) is 49.8 Å². The van der Waals surface area contributed by atoms with Gasteiger partial charge in [-0.2, -0.15) is 4.98 Å². The van der Waals surface area contributed by atoms with Crippen LogP contribution in [0.4, 0.5) is 11.5 Å². The van der Waals surface area contributed by atoms with Crippen LogP contribution < -0.4 is 11.0 Å². The fourth-order valence-corrected chi connectivity index (χ4v) is 3.78. The minimum Gasteiger partial charge on any atom is -0.394 e. The number of para-hydroxylation sites is 1. The first-order valence-electron chi connectivity index (χ1n) is 7.38. The van der Waals surface area contributed by atoms with Crippen molar-refractivity contribution in [2.24, 2.45) is 0 Å². The van der Waals surface area contributed by atoms with Gasteiger partial charge in [-0.1, -0.05) is 23.9 Å². The average molecular weight is 349 g/mol. The minimum atomic E-state index is -1.33. The molecule has 4 N–H and O–H groups in total. The van der Waals surface area contributed by atoms with Gasteiger partial charge in [0.1, 0.15) is 18.3 Å². The number of fused-ring (bicyclic) bond motifs is 2. The molecular weight excluding hydrogens is 334 g/mol.